The summed E-state index contributed by atoms with van der Waals surface area (Å²) in [7, 11) is 0. The second-order valence-electron chi connectivity index (χ2n) is 6.31. The molecule has 0 unspecified atom stereocenters. The molecule has 2 nitrogen and oxygen atoms in total. The van der Waals surface area contributed by atoms with E-state index >= 15 is 0 Å². The van der Waals surface area contributed by atoms with Crippen molar-refractivity contribution in [1.82, 2.24) is 10.6 Å². The van der Waals surface area contributed by atoms with E-state index in [4.69, 9.17) is 0 Å². The standard InChI is InChI=1S/C21H26N2/c1-2-4-18(5-3-1)6-7-19-8-10-20(11-9-19)16-23-17-21-12-14-22-15-13-21/h1-11,21-23H,12-17H2/b7-6+. The van der Waals surface area contributed by atoms with Crippen molar-refractivity contribution >= 4 is 12.2 Å². The van der Waals surface area contributed by atoms with Gasteiger partial charge in [0.2, 0.25) is 0 Å². The van der Waals surface area contributed by atoms with Crippen LogP contribution in [-0.2, 0) is 6.54 Å². The first-order valence-electron chi connectivity index (χ1n) is 8.64. The first-order valence-corrected chi connectivity index (χ1v) is 8.64. The molecule has 1 aliphatic heterocycles. The van der Waals surface area contributed by atoms with Gasteiger partial charge in [-0.3, -0.25) is 0 Å². The van der Waals surface area contributed by atoms with E-state index in [9.17, 15) is 0 Å². The molecule has 2 heteroatoms. The fourth-order valence-electron chi connectivity index (χ4n) is 3.01. The molecule has 3 rings (SSSR count). The molecule has 0 saturated carbocycles. The average molecular weight is 306 g/mol. The molecule has 0 radical (unpaired) electrons. The first-order chi connectivity index (χ1) is 11.4. The molecule has 23 heavy (non-hydrogen) atoms. The van der Waals surface area contributed by atoms with Gasteiger partial charge in [0.1, 0.15) is 0 Å². The van der Waals surface area contributed by atoms with Gasteiger partial charge in [-0.25, -0.2) is 0 Å². The van der Waals surface area contributed by atoms with Gasteiger partial charge in [-0.05, 0) is 55.1 Å². The Morgan fingerprint density at radius 3 is 2.22 bits per heavy atom. The van der Waals surface area contributed by atoms with Crippen LogP contribution in [-0.4, -0.2) is 19.6 Å². The van der Waals surface area contributed by atoms with Crippen LogP contribution in [0.2, 0.25) is 0 Å². The molecule has 120 valence electrons. The smallest absolute Gasteiger partial charge is 0.0205 e. The van der Waals surface area contributed by atoms with Gasteiger partial charge in [-0.15, -0.1) is 0 Å². The first kappa shape index (κ1) is 16.0. The Labute approximate surface area is 139 Å². The third-order valence-electron chi connectivity index (χ3n) is 4.47. The largest absolute Gasteiger partial charge is 0.317 e. The molecule has 2 aromatic carbocycles. The lowest BCUT2D eigenvalue weighted by molar-refractivity contribution is 0.356. The molecule has 0 atom stereocenters. The van der Waals surface area contributed by atoms with Crippen molar-refractivity contribution in [2.75, 3.05) is 19.6 Å². The summed E-state index contributed by atoms with van der Waals surface area (Å²) in [4.78, 5) is 0. The van der Waals surface area contributed by atoms with Crippen LogP contribution in [0.4, 0.5) is 0 Å². The summed E-state index contributed by atoms with van der Waals surface area (Å²) in [6, 6.07) is 19.3. The van der Waals surface area contributed by atoms with E-state index in [0.29, 0.717) is 0 Å². The minimum absolute atomic E-state index is 0.837. The monoisotopic (exact) mass is 306 g/mol. The van der Waals surface area contributed by atoms with Gasteiger partial charge in [0.25, 0.3) is 0 Å². The van der Waals surface area contributed by atoms with Crippen molar-refractivity contribution < 1.29 is 0 Å². The SMILES string of the molecule is C(=C\c1ccc(CNCC2CCNCC2)cc1)/c1ccccc1. The number of benzene rings is 2. The maximum absolute atomic E-state index is 3.60. The third-order valence-corrected chi connectivity index (χ3v) is 4.47. The van der Waals surface area contributed by atoms with E-state index in [1.807, 2.05) is 6.07 Å². The van der Waals surface area contributed by atoms with Gasteiger partial charge in [0.15, 0.2) is 0 Å². The summed E-state index contributed by atoms with van der Waals surface area (Å²) in [5, 5.41) is 7.02. The lowest BCUT2D eigenvalue weighted by Gasteiger charge is -2.22. The molecule has 2 aromatic rings. The van der Waals surface area contributed by atoms with E-state index in [0.717, 1.165) is 19.0 Å². The summed E-state index contributed by atoms with van der Waals surface area (Å²) >= 11 is 0. The van der Waals surface area contributed by atoms with Crippen molar-refractivity contribution in [1.29, 1.82) is 0 Å². The van der Waals surface area contributed by atoms with Crippen LogP contribution in [0.5, 0.6) is 0 Å². The Kier molecular flexibility index (Phi) is 6.01. The number of rotatable bonds is 6. The van der Waals surface area contributed by atoms with Gasteiger partial charge in [0, 0.05) is 6.54 Å². The molecule has 1 heterocycles. The third kappa shape index (κ3) is 5.34. The summed E-state index contributed by atoms with van der Waals surface area (Å²) in [5.74, 6) is 0.837. The molecule has 2 N–H and O–H groups in total. The molecule has 1 saturated heterocycles. The zero-order chi connectivity index (χ0) is 15.7. The highest BCUT2D eigenvalue weighted by molar-refractivity contribution is 5.69. The summed E-state index contributed by atoms with van der Waals surface area (Å²) in [6.07, 6.45) is 6.93. The molecule has 1 fully saturated rings. The predicted molar refractivity (Wildman–Crippen MR) is 99.1 cm³/mol. The van der Waals surface area contributed by atoms with E-state index in [1.54, 1.807) is 0 Å². The summed E-state index contributed by atoms with van der Waals surface area (Å²) < 4.78 is 0. The van der Waals surface area contributed by atoms with Crippen LogP contribution >= 0.6 is 0 Å². The Morgan fingerprint density at radius 1 is 0.870 bits per heavy atom. The highest BCUT2D eigenvalue weighted by atomic mass is 14.9. The molecular formula is C21H26N2. The summed E-state index contributed by atoms with van der Waals surface area (Å²) in [5.41, 5.74) is 3.84. The van der Waals surface area contributed by atoms with Crippen LogP contribution in [0.25, 0.3) is 12.2 Å². The van der Waals surface area contributed by atoms with Crippen LogP contribution < -0.4 is 10.6 Å². The molecule has 1 aliphatic rings. The predicted octanol–water partition coefficient (Wildman–Crippen LogP) is 3.95. The fraction of sp³-hybridized carbons (Fsp3) is 0.333. The second-order valence-corrected chi connectivity index (χ2v) is 6.31. The Morgan fingerprint density at radius 2 is 1.52 bits per heavy atom. The van der Waals surface area contributed by atoms with Crippen molar-refractivity contribution in [3.8, 4) is 0 Å². The van der Waals surface area contributed by atoms with E-state index in [1.165, 1.54) is 42.6 Å². The second kappa shape index (κ2) is 8.66. The van der Waals surface area contributed by atoms with Crippen molar-refractivity contribution in [2.45, 2.75) is 19.4 Å². The highest BCUT2D eigenvalue weighted by Gasteiger charge is 2.11. The van der Waals surface area contributed by atoms with Crippen molar-refractivity contribution in [3.05, 3.63) is 71.3 Å². The van der Waals surface area contributed by atoms with E-state index in [-0.39, 0.29) is 0 Å². The van der Waals surface area contributed by atoms with Crippen LogP contribution in [0.3, 0.4) is 0 Å². The number of hydrogen-bond donors (Lipinski definition) is 2. The average Bonchev–Trinajstić information content (AvgIpc) is 2.63. The lowest BCUT2D eigenvalue weighted by Crippen LogP contribution is -2.33. The van der Waals surface area contributed by atoms with Gasteiger partial charge in [-0.2, -0.15) is 0 Å². The molecule has 0 bridgehead atoms. The van der Waals surface area contributed by atoms with Gasteiger partial charge < -0.3 is 10.6 Å². The van der Waals surface area contributed by atoms with Crippen LogP contribution in [0.15, 0.2) is 54.6 Å². The quantitative estimate of drug-likeness (QED) is 0.790. The number of hydrogen-bond acceptors (Lipinski definition) is 2. The molecule has 0 amide bonds. The Hall–Kier alpha value is -1.90. The Bertz CT molecular complexity index is 595. The van der Waals surface area contributed by atoms with Gasteiger partial charge in [-0.1, -0.05) is 66.7 Å². The van der Waals surface area contributed by atoms with Crippen LogP contribution in [0.1, 0.15) is 29.5 Å². The maximum atomic E-state index is 3.60. The number of nitrogens with one attached hydrogen (secondary N) is 2. The maximum Gasteiger partial charge on any atom is 0.0205 e. The summed E-state index contributed by atoms with van der Waals surface area (Å²) in [6.45, 7) is 4.45. The van der Waals surface area contributed by atoms with Crippen molar-refractivity contribution in [2.24, 2.45) is 5.92 Å². The van der Waals surface area contributed by atoms with Crippen molar-refractivity contribution in [3.63, 3.8) is 0 Å². The van der Waals surface area contributed by atoms with Gasteiger partial charge in [0.05, 0.1) is 0 Å². The molecule has 0 aliphatic carbocycles. The Balaban J connectivity index is 1.46. The lowest BCUT2D eigenvalue weighted by atomic mass is 9.98. The molecule has 0 aromatic heterocycles. The normalized spacial score (nSPS) is 16.0. The minimum Gasteiger partial charge on any atom is -0.317 e. The minimum atomic E-state index is 0.837. The fourth-order valence-corrected chi connectivity index (χ4v) is 3.01. The number of piperidine rings is 1. The van der Waals surface area contributed by atoms with E-state index in [2.05, 4.69) is 71.3 Å². The molecular weight excluding hydrogens is 280 g/mol. The van der Waals surface area contributed by atoms with Crippen LogP contribution in [0, 0.1) is 5.92 Å². The molecule has 0 spiro atoms. The topological polar surface area (TPSA) is 24.1 Å². The van der Waals surface area contributed by atoms with E-state index < -0.39 is 0 Å². The van der Waals surface area contributed by atoms with Gasteiger partial charge >= 0.3 is 0 Å². The zero-order valence-electron chi connectivity index (χ0n) is 13.7. The highest BCUT2D eigenvalue weighted by Crippen LogP contribution is 2.12. The zero-order valence-corrected chi connectivity index (χ0v) is 13.7.